The molecule has 33 heavy (non-hydrogen) atoms. The van der Waals surface area contributed by atoms with E-state index in [0.717, 1.165) is 24.3 Å². The number of anilines is 1. The minimum absolute atomic E-state index is 0.0357. The molecule has 0 radical (unpaired) electrons. The first-order valence-corrected chi connectivity index (χ1v) is 14.7. The van der Waals surface area contributed by atoms with E-state index in [1.165, 1.54) is 6.20 Å². The fourth-order valence-corrected chi connectivity index (χ4v) is 4.19. The Morgan fingerprint density at radius 3 is 2.73 bits per heavy atom. The molecule has 0 saturated heterocycles. The van der Waals surface area contributed by atoms with Gasteiger partial charge in [0.1, 0.15) is 18.2 Å². The molecule has 3 aromatic rings. The highest BCUT2D eigenvalue weighted by Crippen LogP contribution is 2.36. The SMILES string of the molecule is C[Si](C)(C)CCOCn1cc(-c2cccnc2OC(F)F)c2ccc(NC(=O)C3CC3)nc21. The molecule has 1 aliphatic carbocycles. The maximum absolute atomic E-state index is 12.9. The van der Waals surface area contributed by atoms with Crippen LogP contribution in [0.3, 0.4) is 0 Å². The van der Waals surface area contributed by atoms with Gasteiger partial charge in [-0.05, 0) is 43.2 Å². The van der Waals surface area contributed by atoms with E-state index in [9.17, 15) is 13.6 Å². The molecule has 0 aromatic carbocycles. The number of rotatable bonds is 10. The number of ether oxygens (including phenoxy) is 2. The van der Waals surface area contributed by atoms with E-state index in [0.29, 0.717) is 29.2 Å². The van der Waals surface area contributed by atoms with Crippen LogP contribution in [-0.4, -0.2) is 41.7 Å². The van der Waals surface area contributed by atoms with Gasteiger partial charge >= 0.3 is 6.61 Å². The van der Waals surface area contributed by atoms with Gasteiger partial charge in [-0.1, -0.05) is 19.6 Å². The summed E-state index contributed by atoms with van der Waals surface area (Å²) in [5.74, 6) is 0.311. The zero-order valence-electron chi connectivity index (χ0n) is 19.0. The molecule has 3 aromatic heterocycles. The molecule has 10 heteroatoms. The maximum Gasteiger partial charge on any atom is 0.388 e. The average Bonchev–Trinajstić information content (AvgIpc) is 3.54. The number of fused-ring (bicyclic) bond motifs is 1. The van der Waals surface area contributed by atoms with Crippen LogP contribution in [0.25, 0.3) is 22.2 Å². The van der Waals surface area contributed by atoms with Gasteiger partial charge in [-0.25, -0.2) is 9.97 Å². The minimum Gasteiger partial charge on any atom is -0.416 e. The lowest BCUT2D eigenvalue weighted by molar-refractivity contribution is -0.117. The molecule has 176 valence electrons. The van der Waals surface area contributed by atoms with Crippen LogP contribution in [-0.2, 0) is 16.3 Å². The van der Waals surface area contributed by atoms with Crippen LogP contribution in [0.4, 0.5) is 14.6 Å². The molecule has 0 atom stereocenters. The molecular weight excluding hydrogens is 446 g/mol. The first-order chi connectivity index (χ1) is 15.7. The zero-order chi connectivity index (χ0) is 23.6. The Bertz CT molecular complexity index is 1140. The number of nitrogens with one attached hydrogen (secondary N) is 1. The number of pyridine rings is 2. The molecule has 0 aliphatic heterocycles. The predicted molar refractivity (Wildman–Crippen MR) is 125 cm³/mol. The first-order valence-electron chi connectivity index (χ1n) is 11.0. The van der Waals surface area contributed by atoms with Crippen molar-refractivity contribution in [1.82, 2.24) is 14.5 Å². The molecule has 1 saturated carbocycles. The fraction of sp³-hybridized carbons (Fsp3) is 0.435. The van der Waals surface area contributed by atoms with E-state index in [-0.39, 0.29) is 24.4 Å². The van der Waals surface area contributed by atoms with Crippen LogP contribution in [0.5, 0.6) is 5.88 Å². The van der Waals surface area contributed by atoms with Crippen molar-refractivity contribution in [3.8, 4) is 17.0 Å². The molecule has 0 spiro atoms. The number of nitrogens with zero attached hydrogens (tertiary/aromatic N) is 3. The summed E-state index contributed by atoms with van der Waals surface area (Å²) >= 11 is 0. The maximum atomic E-state index is 12.9. The van der Waals surface area contributed by atoms with Gasteiger partial charge in [0, 0.05) is 49.5 Å². The van der Waals surface area contributed by atoms with Gasteiger partial charge in [-0.3, -0.25) is 4.79 Å². The molecular formula is C23H28F2N4O3Si. The van der Waals surface area contributed by atoms with Crippen LogP contribution in [0.15, 0.2) is 36.7 Å². The van der Waals surface area contributed by atoms with Crippen molar-refractivity contribution < 1.29 is 23.0 Å². The number of alkyl halides is 2. The molecule has 7 nitrogen and oxygen atoms in total. The third kappa shape index (κ3) is 5.94. The second kappa shape index (κ2) is 9.56. The summed E-state index contributed by atoms with van der Waals surface area (Å²) in [7, 11) is -1.25. The van der Waals surface area contributed by atoms with Crippen molar-refractivity contribution in [3.05, 3.63) is 36.7 Å². The second-order valence-corrected chi connectivity index (χ2v) is 15.0. The lowest BCUT2D eigenvalue weighted by Crippen LogP contribution is -2.22. The number of hydrogen-bond acceptors (Lipinski definition) is 5. The smallest absolute Gasteiger partial charge is 0.388 e. The Morgan fingerprint density at radius 1 is 1.24 bits per heavy atom. The van der Waals surface area contributed by atoms with Crippen LogP contribution in [0, 0.1) is 5.92 Å². The van der Waals surface area contributed by atoms with Crippen LogP contribution in [0.1, 0.15) is 12.8 Å². The molecule has 1 aliphatic rings. The average molecular weight is 475 g/mol. The van der Waals surface area contributed by atoms with Gasteiger partial charge in [0.05, 0.1) is 0 Å². The topological polar surface area (TPSA) is 78.3 Å². The minimum atomic E-state index is -2.99. The highest BCUT2D eigenvalue weighted by Gasteiger charge is 2.30. The lowest BCUT2D eigenvalue weighted by Gasteiger charge is -2.15. The van der Waals surface area contributed by atoms with Crippen molar-refractivity contribution in [2.24, 2.45) is 5.92 Å². The Hall–Kier alpha value is -2.85. The third-order valence-corrected chi connectivity index (χ3v) is 7.11. The van der Waals surface area contributed by atoms with Gasteiger partial charge in [-0.2, -0.15) is 8.78 Å². The van der Waals surface area contributed by atoms with E-state index in [1.54, 1.807) is 24.4 Å². The molecule has 3 heterocycles. The number of halogens is 2. The summed E-state index contributed by atoms with van der Waals surface area (Å²) in [4.78, 5) is 20.8. The Balaban J connectivity index is 1.69. The number of hydrogen-bond donors (Lipinski definition) is 1. The van der Waals surface area contributed by atoms with E-state index in [4.69, 9.17) is 4.74 Å². The quantitative estimate of drug-likeness (QED) is 0.316. The van der Waals surface area contributed by atoms with Crippen LogP contribution >= 0.6 is 0 Å². The van der Waals surface area contributed by atoms with Crippen molar-refractivity contribution in [3.63, 3.8) is 0 Å². The molecule has 4 rings (SSSR count). The molecule has 0 bridgehead atoms. The van der Waals surface area contributed by atoms with Gasteiger partial charge in [0.2, 0.25) is 11.8 Å². The van der Waals surface area contributed by atoms with Crippen molar-refractivity contribution in [2.75, 3.05) is 11.9 Å². The lowest BCUT2D eigenvalue weighted by atomic mass is 10.1. The number of carbonyl (C=O) groups excluding carboxylic acids is 1. The summed E-state index contributed by atoms with van der Waals surface area (Å²) in [5.41, 5.74) is 1.66. The van der Waals surface area contributed by atoms with E-state index < -0.39 is 14.7 Å². The standard InChI is InChI=1S/C23H28F2N4O3Si/c1-33(2,3)12-11-31-14-29-13-18(17-5-4-10-26-22(17)32-23(24)25)16-8-9-19(27-20(16)29)28-21(30)15-6-7-15/h4-5,8-10,13,15,23H,6-7,11-12,14H2,1-3H3,(H,27,28,30). The van der Waals surface area contributed by atoms with Crippen LogP contribution < -0.4 is 10.1 Å². The van der Waals surface area contributed by atoms with Gasteiger partial charge in [0.25, 0.3) is 0 Å². The molecule has 0 unspecified atom stereocenters. The van der Waals surface area contributed by atoms with Gasteiger partial charge < -0.3 is 19.4 Å². The number of amides is 1. The van der Waals surface area contributed by atoms with Gasteiger partial charge in [0.15, 0.2) is 0 Å². The molecule has 1 fully saturated rings. The van der Waals surface area contributed by atoms with E-state index >= 15 is 0 Å². The highest BCUT2D eigenvalue weighted by atomic mass is 28.3. The van der Waals surface area contributed by atoms with Crippen molar-refractivity contribution in [1.29, 1.82) is 0 Å². The van der Waals surface area contributed by atoms with Crippen molar-refractivity contribution in [2.45, 2.75) is 51.9 Å². The van der Waals surface area contributed by atoms with Crippen LogP contribution in [0.2, 0.25) is 25.7 Å². The highest BCUT2D eigenvalue weighted by molar-refractivity contribution is 6.76. The monoisotopic (exact) mass is 474 g/mol. The Labute approximate surface area is 192 Å². The zero-order valence-corrected chi connectivity index (χ0v) is 20.0. The van der Waals surface area contributed by atoms with Gasteiger partial charge in [-0.15, -0.1) is 0 Å². The molecule has 1 amide bonds. The number of aromatic nitrogens is 3. The summed E-state index contributed by atoms with van der Waals surface area (Å²) in [6.45, 7) is 4.72. The summed E-state index contributed by atoms with van der Waals surface area (Å²) in [6.07, 6.45) is 5.00. The third-order valence-electron chi connectivity index (χ3n) is 5.41. The summed E-state index contributed by atoms with van der Waals surface area (Å²) in [6, 6.07) is 7.90. The number of carbonyl (C=O) groups is 1. The normalized spacial score (nSPS) is 14.1. The second-order valence-electron chi connectivity index (χ2n) is 9.43. The summed E-state index contributed by atoms with van der Waals surface area (Å²) < 4.78 is 38.3. The Morgan fingerprint density at radius 2 is 2.03 bits per heavy atom. The Kier molecular flexibility index (Phi) is 6.75. The first kappa shape index (κ1) is 23.3. The largest absolute Gasteiger partial charge is 0.416 e. The van der Waals surface area contributed by atoms with E-state index in [1.807, 2.05) is 10.6 Å². The van der Waals surface area contributed by atoms with Crippen molar-refractivity contribution >= 4 is 30.8 Å². The summed E-state index contributed by atoms with van der Waals surface area (Å²) in [5, 5.41) is 3.58. The van der Waals surface area contributed by atoms with E-state index in [2.05, 4.69) is 39.7 Å². The predicted octanol–water partition coefficient (Wildman–Crippen LogP) is 5.36. The molecule has 1 N–H and O–H groups in total. The fourth-order valence-electron chi connectivity index (χ4n) is 3.44.